The van der Waals surface area contributed by atoms with Gasteiger partial charge >= 0.3 is 17.9 Å². The monoisotopic (exact) mass is 853 g/mol. The minimum absolute atomic E-state index is 0.0278. The van der Waals surface area contributed by atoms with Crippen molar-refractivity contribution in [3.63, 3.8) is 0 Å². The highest BCUT2D eigenvalue weighted by atomic mass is 16.5. The van der Waals surface area contributed by atoms with Crippen molar-refractivity contribution < 1.29 is 28.6 Å². The van der Waals surface area contributed by atoms with Crippen LogP contribution in [0.4, 0.5) is 0 Å². The number of esters is 3. The molecule has 0 aliphatic heterocycles. The Morgan fingerprint density at radius 2 is 0.790 bits per heavy atom. The lowest BCUT2D eigenvalue weighted by atomic mass is 10.0. The minimum Gasteiger partial charge on any atom is -0.462 e. The van der Waals surface area contributed by atoms with Crippen molar-refractivity contribution in [3.8, 4) is 0 Å². The molecule has 6 heteroatoms. The van der Waals surface area contributed by atoms with Gasteiger partial charge in [-0.3, -0.25) is 14.4 Å². The average molecular weight is 853 g/mol. The molecule has 0 N–H and O–H groups in total. The zero-order valence-corrected chi connectivity index (χ0v) is 39.0. The van der Waals surface area contributed by atoms with Crippen LogP contribution in [-0.2, 0) is 41.8 Å². The van der Waals surface area contributed by atoms with E-state index in [0.29, 0.717) is 38.4 Å². The van der Waals surface area contributed by atoms with Crippen LogP contribution < -0.4 is 0 Å². The molecule has 0 heterocycles. The van der Waals surface area contributed by atoms with Crippen molar-refractivity contribution in [1.82, 2.24) is 0 Å². The van der Waals surface area contributed by atoms with Crippen molar-refractivity contribution in [2.24, 2.45) is 5.92 Å². The maximum atomic E-state index is 12.5. The fraction of sp³-hybridized carbons (Fsp3) is 0.589. The van der Waals surface area contributed by atoms with Crippen LogP contribution in [0.25, 0.3) is 0 Å². The highest BCUT2D eigenvalue weighted by Gasteiger charge is 2.15. The summed E-state index contributed by atoms with van der Waals surface area (Å²) in [7, 11) is 0. The number of carbonyl (C=O) groups excluding carboxylic acids is 3. The molecule has 0 atom stereocenters. The molecule has 2 aromatic rings. The molecule has 2 rings (SSSR count). The van der Waals surface area contributed by atoms with Crippen LogP contribution in [0.5, 0.6) is 0 Å². The predicted octanol–water partition coefficient (Wildman–Crippen LogP) is 15.8. The molecule has 2 aromatic carbocycles. The van der Waals surface area contributed by atoms with Crippen molar-refractivity contribution in [3.05, 3.63) is 120 Å². The number of rotatable bonds is 39. The summed E-state index contributed by atoms with van der Waals surface area (Å²) in [5.74, 6) is 0.0752. The Morgan fingerprint density at radius 3 is 1.18 bits per heavy atom. The summed E-state index contributed by atoms with van der Waals surface area (Å²) < 4.78 is 16.7. The van der Waals surface area contributed by atoms with Crippen molar-refractivity contribution in [2.75, 3.05) is 0 Å². The van der Waals surface area contributed by atoms with Gasteiger partial charge in [-0.25, -0.2) is 0 Å². The van der Waals surface area contributed by atoms with Crippen molar-refractivity contribution in [1.29, 1.82) is 0 Å². The molecule has 0 amide bonds. The third kappa shape index (κ3) is 34.4. The fourth-order valence-electron chi connectivity index (χ4n) is 7.21. The molecule has 344 valence electrons. The van der Waals surface area contributed by atoms with Crippen LogP contribution in [0.15, 0.2) is 109 Å². The lowest BCUT2D eigenvalue weighted by molar-refractivity contribution is -0.151. The van der Waals surface area contributed by atoms with E-state index in [1.165, 1.54) is 64.2 Å². The first kappa shape index (κ1) is 53.9. The Bertz CT molecular complexity index is 1390. The number of ether oxygens (including phenoxy) is 3. The Hall–Kier alpha value is -4.19. The maximum Gasteiger partial charge on any atom is 0.306 e. The number of hydrogen-bond donors (Lipinski definition) is 0. The van der Waals surface area contributed by atoms with Crippen LogP contribution in [0.3, 0.4) is 0 Å². The smallest absolute Gasteiger partial charge is 0.306 e. The lowest BCUT2D eigenvalue weighted by Crippen LogP contribution is -2.19. The molecule has 0 fully saturated rings. The van der Waals surface area contributed by atoms with E-state index in [4.69, 9.17) is 14.2 Å². The lowest BCUT2D eigenvalue weighted by Gasteiger charge is -2.19. The summed E-state index contributed by atoms with van der Waals surface area (Å²) in [5, 5.41) is 0. The second-order valence-corrected chi connectivity index (χ2v) is 17.2. The normalized spacial score (nSPS) is 11.9. The summed E-state index contributed by atoms with van der Waals surface area (Å²) in [4.78, 5) is 36.3. The molecule has 62 heavy (non-hydrogen) atoms. The molecule has 0 unspecified atom stereocenters. The first-order valence-electron chi connectivity index (χ1n) is 24.6. The quantitative estimate of drug-likeness (QED) is 0.0288. The number of hydrogen-bond acceptors (Lipinski definition) is 6. The Labute approximate surface area is 378 Å². The summed E-state index contributed by atoms with van der Waals surface area (Å²) in [6, 6.07) is 19.6. The second kappa shape index (κ2) is 39.6. The molecular formula is C56H84O6. The van der Waals surface area contributed by atoms with Gasteiger partial charge in [0.15, 0.2) is 0 Å². The van der Waals surface area contributed by atoms with E-state index in [2.05, 4.69) is 62.5 Å². The number of benzene rings is 2. The van der Waals surface area contributed by atoms with Crippen molar-refractivity contribution >= 4 is 17.9 Å². The van der Waals surface area contributed by atoms with Crippen LogP contribution >= 0.6 is 0 Å². The third-order valence-corrected chi connectivity index (χ3v) is 10.9. The standard InChI is InChI=1S/C56H84O6/c1-50(2)47-56(59)62-53(43-35-25-21-17-13-9-5-3-7-11-15-19-23-27-37-45-54(57)60-48-51-39-31-29-32-40-51)44-36-26-22-18-14-10-6-4-8-12-16-20-24-28-38-46-55(58)61-49-52-41-33-30-34-42-52/h3-4,7-8,15-16,19-20,29-34,39-42,50,53H,5-6,9-14,17-18,21-28,35-38,43-49H2,1-2H3/b7-3-,8-4-,19-15-,20-16-. The van der Waals surface area contributed by atoms with E-state index >= 15 is 0 Å². The number of carbonyl (C=O) groups is 3. The van der Waals surface area contributed by atoms with Gasteiger partial charge in [0.1, 0.15) is 19.3 Å². The van der Waals surface area contributed by atoms with Gasteiger partial charge in [-0.15, -0.1) is 0 Å². The zero-order valence-electron chi connectivity index (χ0n) is 39.0. The van der Waals surface area contributed by atoms with Gasteiger partial charge in [-0.05, 0) is 120 Å². The molecule has 0 radical (unpaired) electrons. The van der Waals surface area contributed by atoms with Gasteiger partial charge in [-0.2, -0.15) is 0 Å². The molecule has 0 spiro atoms. The Kier molecular flexibility index (Phi) is 34.5. The first-order chi connectivity index (χ1) is 30.4. The highest BCUT2D eigenvalue weighted by molar-refractivity contribution is 5.70. The Morgan fingerprint density at radius 1 is 0.435 bits per heavy atom. The van der Waals surface area contributed by atoms with Crippen LogP contribution in [0.2, 0.25) is 0 Å². The SMILES string of the molecule is CC(C)CC(=O)OC(CCCCCCCC/C=C\C/C=C\CCCCC(=O)OCc1ccccc1)CCCCCCCC/C=C\C/C=C\CCCCC(=O)OCc1ccccc1. The molecular weight excluding hydrogens is 769 g/mol. The third-order valence-electron chi connectivity index (χ3n) is 10.9. The molecule has 6 nitrogen and oxygen atoms in total. The van der Waals surface area contributed by atoms with Gasteiger partial charge < -0.3 is 14.2 Å². The molecule has 0 saturated carbocycles. The summed E-state index contributed by atoms with van der Waals surface area (Å²) in [6.45, 7) is 4.88. The van der Waals surface area contributed by atoms with Crippen LogP contribution in [0, 0.1) is 5.92 Å². The summed E-state index contributed by atoms with van der Waals surface area (Å²) in [5.41, 5.74) is 2.05. The van der Waals surface area contributed by atoms with E-state index in [-0.39, 0.29) is 24.0 Å². The number of allylic oxidation sites excluding steroid dienone is 8. The van der Waals surface area contributed by atoms with E-state index in [0.717, 1.165) is 101 Å². The van der Waals surface area contributed by atoms with E-state index in [1.54, 1.807) is 0 Å². The maximum absolute atomic E-state index is 12.5. The Balaban J connectivity index is 1.39. The van der Waals surface area contributed by atoms with E-state index in [1.807, 2.05) is 60.7 Å². The molecule has 0 aliphatic rings. The second-order valence-electron chi connectivity index (χ2n) is 17.2. The van der Waals surface area contributed by atoms with Gasteiger partial charge in [0.2, 0.25) is 0 Å². The molecule has 0 bridgehead atoms. The van der Waals surface area contributed by atoms with Gasteiger partial charge in [0, 0.05) is 19.3 Å². The zero-order chi connectivity index (χ0) is 44.4. The van der Waals surface area contributed by atoms with Crippen molar-refractivity contribution in [2.45, 2.75) is 207 Å². The fourth-order valence-corrected chi connectivity index (χ4v) is 7.21. The van der Waals surface area contributed by atoms with Crippen LogP contribution in [0.1, 0.15) is 198 Å². The predicted molar refractivity (Wildman–Crippen MR) is 258 cm³/mol. The van der Waals surface area contributed by atoms with E-state index < -0.39 is 0 Å². The van der Waals surface area contributed by atoms with Crippen LogP contribution in [-0.4, -0.2) is 24.0 Å². The average Bonchev–Trinajstić information content (AvgIpc) is 3.27. The molecule has 0 saturated heterocycles. The number of unbranched alkanes of at least 4 members (excludes halogenated alkanes) is 16. The van der Waals surface area contributed by atoms with E-state index in [9.17, 15) is 14.4 Å². The molecule has 0 aromatic heterocycles. The highest BCUT2D eigenvalue weighted by Crippen LogP contribution is 2.19. The first-order valence-corrected chi connectivity index (χ1v) is 24.6. The van der Waals surface area contributed by atoms with Gasteiger partial charge in [0.05, 0.1) is 0 Å². The minimum atomic E-state index is -0.114. The topological polar surface area (TPSA) is 78.9 Å². The van der Waals surface area contributed by atoms with Gasteiger partial charge in [0.25, 0.3) is 0 Å². The summed E-state index contributed by atoms with van der Waals surface area (Å²) >= 11 is 0. The molecule has 0 aliphatic carbocycles. The largest absolute Gasteiger partial charge is 0.462 e. The summed E-state index contributed by atoms with van der Waals surface area (Å²) in [6.07, 6.45) is 46.4. The van der Waals surface area contributed by atoms with Gasteiger partial charge in [-0.1, -0.05) is 174 Å².